The third-order valence-electron chi connectivity index (χ3n) is 4.59. The molecule has 6 heteroatoms. The number of aliphatic carboxylic acids is 1. The van der Waals surface area contributed by atoms with Gasteiger partial charge >= 0.3 is 5.97 Å². The fourth-order valence-corrected chi connectivity index (χ4v) is 3.07. The summed E-state index contributed by atoms with van der Waals surface area (Å²) in [6, 6.07) is 13.8. The topological polar surface area (TPSA) is 96.6 Å². The SMILES string of the molecule is Cc1c(-c2ccccc2)oc2c(C(=O)NC(C)CCC(=O)O)cccc2c1=O. The second-order valence-electron chi connectivity index (χ2n) is 6.74. The molecular formula is C22H21NO5. The van der Waals surface area contributed by atoms with E-state index in [2.05, 4.69) is 5.32 Å². The number of nitrogens with one attached hydrogen (secondary N) is 1. The highest BCUT2D eigenvalue weighted by molar-refractivity contribution is 6.05. The van der Waals surface area contributed by atoms with Crippen molar-refractivity contribution >= 4 is 22.8 Å². The molecule has 1 amide bonds. The zero-order chi connectivity index (χ0) is 20.3. The highest BCUT2D eigenvalue weighted by Crippen LogP contribution is 2.27. The lowest BCUT2D eigenvalue weighted by atomic mass is 10.0. The largest absolute Gasteiger partial charge is 0.481 e. The van der Waals surface area contributed by atoms with Gasteiger partial charge in [0.15, 0.2) is 11.0 Å². The molecule has 144 valence electrons. The summed E-state index contributed by atoms with van der Waals surface area (Å²) in [5.74, 6) is -0.896. The molecule has 3 rings (SSSR count). The summed E-state index contributed by atoms with van der Waals surface area (Å²) in [5.41, 5.74) is 1.51. The Balaban J connectivity index is 2.04. The maximum Gasteiger partial charge on any atom is 0.303 e. The third kappa shape index (κ3) is 3.96. The smallest absolute Gasteiger partial charge is 0.303 e. The average Bonchev–Trinajstić information content (AvgIpc) is 2.69. The lowest BCUT2D eigenvalue weighted by Gasteiger charge is -2.14. The zero-order valence-corrected chi connectivity index (χ0v) is 15.7. The molecule has 6 nitrogen and oxygen atoms in total. The fraction of sp³-hybridized carbons (Fsp3) is 0.227. The summed E-state index contributed by atoms with van der Waals surface area (Å²) < 4.78 is 6.04. The van der Waals surface area contributed by atoms with Crippen LogP contribution in [0.4, 0.5) is 0 Å². The van der Waals surface area contributed by atoms with Gasteiger partial charge in [-0.15, -0.1) is 0 Å². The van der Waals surface area contributed by atoms with Gasteiger partial charge in [-0.3, -0.25) is 14.4 Å². The molecule has 0 fully saturated rings. The minimum Gasteiger partial charge on any atom is -0.481 e. The summed E-state index contributed by atoms with van der Waals surface area (Å²) in [5, 5.41) is 11.9. The van der Waals surface area contributed by atoms with Gasteiger partial charge in [0, 0.05) is 23.6 Å². The number of hydrogen-bond donors (Lipinski definition) is 2. The summed E-state index contributed by atoms with van der Waals surface area (Å²) in [6.45, 7) is 3.44. The molecule has 3 aromatic rings. The van der Waals surface area contributed by atoms with E-state index in [-0.39, 0.29) is 29.0 Å². The first-order valence-corrected chi connectivity index (χ1v) is 9.03. The molecule has 1 unspecified atom stereocenters. The molecule has 0 aliphatic rings. The Hall–Kier alpha value is -3.41. The van der Waals surface area contributed by atoms with Crippen LogP contribution in [-0.2, 0) is 4.79 Å². The van der Waals surface area contributed by atoms with Crippen LogP contribution in [0.1, 0.15) is 35.7 Å². The molecule has 0 aliphatic carbocycles. The van der Waals surface area contributed by atoms with Crippen molar-refractivity contribution < 1.29 is 19.1 Å². The molecule has 0 aliphatic heterocycles. The minimum atomic E-state index is -0.916. The van der Waals surface area contributed by atoms with Gasteiger partial charge in [0.2, 0.25) is 0 Å². The average molecular weight is 379 g/mol. The second kappa shape index (κ2) is 8.08. The van der Waals surface area contributed by atoms with Gasteiger partial charge in [-0.2, -0.15) is 0 Å². The van der Waals surface area contributed by atoms with Crippen LogP contribution in [0.25, 0.3) is 22.3 Å². The van der Waals surface area contributed by atoms with Crippen LogP contribution in [0.15, 0.2) is 57.7 Å². The fourth-order valence-electron chi connectivity index (χ4n) is 3.07. The van der Waals surface area contributed by atoms with Crippen LogP contribution < -0.4 is 10.7 Å². The van der Waals surface area contributed by atoms with Crippen LogP contribution in [-0.4, -0.2) is 23.0 Å². The highest BCUT2D eigenvalue weighted by atomic mass is 16.4. The monoisotopic (exact) mass is 379 g/mol. The van der Waals surface area contributed by atoms with Gasteiger partial charge in [-0.1, -0.05) is 36.4 Å². The van der Waals surface area contributed by atoms with Crippen molar-refractivity contribution in [2.45, 2.75) is 32.7 Å². The number of carbonyl (C=O) groups is 2. The molecule has 1 atom stereocenters. The van der Waals surface area contributed by atoms with Crippen LogP contribution in [0.3, 0.4) is 0 Å². The zero-order valence-electron chi connectivity index (χ0n) is 15.7. The quantitative estimate of drug-likeness (QED) is 0.680. The molecule has 2 aromatic carbocycles. The van der Waals surface area contributed by atoms with Crippen molar-refractivity contribution in [3.8, 4) is 11.3 Å². The molecule has 28 heavy (non-hydrogen) atoms. The Kier molecular flexibility index (Phi) is 5.59. The van der Waals surface area contributed by atoms with E-state index < -0.39 is 11.9 Å². The van der Waals surface area contributed by atoms with E-state index in [4.69, 9.17) is 9.52 Å². The first-order valence-electron chi connectivity index (χ1n) is 9.03. The molecule has 0 spiro atoms. The maximum absolute atomic E-state index is 12.8. The van der Waals surface area contributed by atoms with Crippen LogP contribution in [0.5, 0.6) is 0 Å². The van der Waals surface area contributed by atoms with Crippen molar-refractivity contribution in [3.05, 3.63) is 69.9 Å². The number of para-hydroxylation sites is 1. The predicted molar refractivity (Wildman–Crippen MR) is 106 cm³/mol. The number of carboxylic acids is 1. The van der Waals surface area contributed by atoms with Crippen molar-refractivity contribution in [2.75, 3.05) is 0 Å². The number of rotatable bonds is 6. The van der Waals surface area contributed by atoms with E-state index in [1.165, 1.54) is 0 Å². The molecule has 1 heterocycles. The highest BCUT2D eigenvalue weighted by Gasteiger charge is 2.19. The van der Waals surface area contributed by atoms with Crippen LogP contribution in [0.2, 0.25) is 0 Å². The Labute approximate surface area is 161 Å². The molecular weight excluding hydrogens is 358 g/mol. The first-order chi connectivity index (χ1) is 13.4. The van der Waals surface area contributed by atoms with Crippen LogP contribution >= 0.6 is 0 Å². The summed E-state index contributed by atoms with van der Waals surface area (Å²) >= 11 is 0. The summed E-state index contributed by atoms with van der Waals surface area (Å²) in [6.07, 6.45) is 0.271. The van der Waals surface area contributed by atoms with Crippen LogP contribution in [0, 0.1) is 6.92 Å². The Morgan fingerprint density at radius 3 is 2.50 bits per heavy atom. The van der Waals surface area contributed by atoms with Crippen molar-refractivity contribution in [2.24, 2.45) is 0 Å². The van der Waals surface area contributed by atoms with Crippen molar-refractivity contribution in [1.82, 2.24) is 5.32 Å². The van der Waals surface area contributed by atoms with Gasteiger partial charge in [-0.25, -0.2) is 0 Å². The third-order valence-corrected chi connectivity index (χ3v) is 4.59. The maximum atomic E-state index is 12.8. The molecule has 0 bridgehead atoms. The van der Waals surface area contributed by atoms with Crippen molar-refractivity contribution in [1.29, 1.82) is 0 Å². The molecule has 0 radical (unpaired) electrons. The van der Waals surface area contributed by atoms with E-state index in [9.17, 15) is 14.4 Å². The number of benzene rings is 2. The number of amides is 1. The first kappa shape index (κ1) is 19.4. The lowest BCUT2D eigenvalue weighted by molar-refractivity contribution is -0.137. The number of hydrogen-bond acceptors (Lipinski definition) is 4. The van der Waals surface area contributed by atoms with E-state index >= 15 is 0 Å². The standard InChI is InChI=1S/C22H21NO5/c1-13(11-12-18(24)25)23-22(27)17-10-6-9-16-19(26)14(2)20(28-21(16)17)15-7-4-3-5-8-15/h3-10,13H,11-12H2,1-2H3,(H,23,27)(H,24,25). The summed E-state index contributed by atoms with van der Waals surface area (Å²) in [7, 11) is 0. The number of fused-ring (bicyclic) bond motifs is 1. The Morgan fingerprint density at radius 1 is 1.11 bits per heavy atom. The molecule has 1 aromatic heterocycles. The van der Waals surface area contributed by atoms with Gasteiger partial charge < -0.3 is 14.8 Å². The Morgan fingerprint density at radius 2 is 1.82 bits per heavy atom. The second-order valence-corrected chi connectivity index (χ2v) is 6.74. The number of carboxylic acid groups (broad SMARTS) is 1. The van der Waals surface area contributed by atoms with E-state index in [0.29, 0.717) is 23.1 Å². The lowest BCUT2D eigenvalue weighted by Crippen LogP contribution is -2.33. The normalized spacial score (nSPS) is 11.9. The minimum absolute atomic E-state index is 0.0383. The Bertz CT molecular complexity index is 1090. The van der Waals surface area contributed by atoms with Gasteiger partial charge in [0.05, 0.1) is 10.9 Å². The van der Waals surface area contributed by atoms with E-state index in [1.54, 1.807) is 32.0 Å². The molecule has 0 saturated heterocycles. The predicted octanol–water partition coefficient (Wildman–Crippen LogP) is 3.75. The molecule has 0 saturated carbocycles. The van der Waals surface area contributed by atoms with Crippen molar-refractivity contribution in [3.63, 3.8) is 0 Å². The van der Waals surface area contributed by atoms with E-state index in [1.807, 2.05) is 30.3 Å². The van der Waals surface area contributed by atoms with Gasteiger partial charge in [0.25, 0.3) is 5.91 Å². The van der Waals surface area contributed by atoms with Gasteiger partial charge in [0.1, 0.15) is 5.76 Å². The van der Waals surface area contributed by atoms with E-state index in [0.717, 1.165) is 5.56 Å². The number of carbonyl (C=O) groups excluding carboxylic acids is 1. The van der Waals surface area contributed by atoms with Gasteiger partial charge in [-0.05, 0) is 32.4 Å². The summed E-state index contributed by atoms with van der Waals surface area (Å²) in [4.78, 5) is 36.3. The molecule has 2 N–H and O–H groups in total.